The summed E-state index contributed by atoms with van der Waals surface area (Å²) in [5.74, 6) is 0. The molecule has 0 saturated heterocycles. The Morgan fingerprint density at radius 3 is 1.82 bits per heavy atom. The summed E-state index contributed by atoms with van der Waals surface area (Å²) in [4.78, 5) is 0. The molecule has 226 valence electrons. The lowest BCUT2D eigenvalue weighted by molar-refractivity contribution is 0.726. The Morgan fingerprint density at radius 2 is 1.22 bits per heavy atom. The number of hydrogen-bond donors (Lipinski definition) is 0. The molecule has 1 aliphatic rings. The molecule has 1 aliphatic carbocycles. The van der Waals surface area contributed by atoms with E-state index in [9.17, 15) is 0 Å². The van der Waals surface area contributed by atoms with E-state index in [2.05, 4.69) is 164 Å². The maximum Gasteiger partial charge on any atom is 0.0356 e. The molecule has 0 heteroatoms. The van der Waals surface area contributed by atoms with E-state index in [1.54, 1.807) is 5.57 Å². The van der Waals surface area contributed by atoms with Crippen LogP contribution in [-0.2, 0) is 11.8 Å². The van der Waals surface area contributed by atoms with Crippen LogP contribution in [0.5, 0.6) is 0 Å². The van der Waals surface area contributed by atoms with Gasteiger partial charge in [0.1, 0.15) is 0 Å². The number of benzene rings is 5. The van der Waals surface area contributed by atoms with Crippen LogP contribution in [0.4, 0.5) is 0 Å². The highest BCUT2D eigenvalue weighted by Crippen LogP contribution is 2.41. The fraction of sp³-hybridized carbons (Fsp3) is 0.244. The molecule has 0 N–H and O–H groups in total. The first-order valence-electron chi connectivity index (χ1n) is 16.5. The van der Waals surface area contributed by atoms with Gasteiger partial charge in [-0.2, -0.15) is 0 Å². The smallest absolute Gasteiger partial charge is 0.0356 e. The maximum absolute atomic E-state index is 2.44. The second-order valence-electron chi connectivity index (χ2n) is 13.5. The van der Waals surface area contributed by atoms with Crippen molar-refractivity contribution < 1.29 is 0 Å². The van der Waals surface area contributed by atoms with Gasteiger partial charge in [0.05, 0.1) is 0 Å². The first-order valence-corrected chi connectivity index (χ1v) is 16.5. The summed E-state index contributed by atoms with van der Waals surface area (Å²) in [5, 5.41) is 2.69. The molecule has 0 unspecified atom stereocenters. The first-order chi connectivity index (χ1) is 21.6. The van der Waals surface area contributed by atoms with E-state index >= 15 is 0 Å². The molecule has 0 saturated carbocycles. The highest BCUT2D eigenvalue weighted by molar-refractivity contribution is 6.02. The third-order valence-electron chi connectivity index (χ3n) is 9.92. The van der Waals surface area contributed by atoms with Crippen LogP contribution in [0, 0.1) is 41.5 Å². The highest BCUT2D eigenvalue weighted by Gasteiger charge is 2.27. The Labute approximate surface area is 270 Å². The number of fused-ring (bicyclic) bond motifs is 1. The van der Waals surface area contributed by atoms with E-state index in [0.29, 0.717) is 0 Å². The van der Waals surface area contributed by atoms with Crippen molar-refractivity contribution in [3.05, 3.63) is 176 Å². The molecule has 0 amide bonds. The molecule has 0 nitrogen and oxygen atoms in total. The van der Waals surface area contributed by atoms with Crippen LogP contribution in [0.1, 0.15) is 81.0 Å². The number of aryl methyl sites for hydroxylation is 5. The van der Waals surface area contributed by atoms with E-state index in [1.807, 2.05) is 0 Å². The Hall–Kier alpha value is -4.42. The summed E-state index contributed by atoms with van der Waals surface area (Å²) in [5.41, 5.74) is 17.4. The van der Waals surface area contributed by atoms with Gasteiger partial charge in [-0.1, -0.05) is 143 Å². The van der Waals surface area contributed by atoms with Gasteiger partial charge in [0.25, 0.3) is 0 Å². The lowest BCUT2D eigenvalue weighted by atomic mass is 9.74. The average Bonchev–Trinajstić information content (AvgIpc) is 3.02. The summed E-state index contributed by atoms with van der Waals surface area (Å²) < 4.78 is 0. The van der Waals surface area contributed by atoms with Crippen molar-refractivity contribution in [3.63, 3.8) is 0 Å². The molecular formula is C45H46. The van der Waals surface area contributed by atoms with E-state index in [0.717, 1.165) is 19.3 Å². The molecule has 0 heterocycles. The normalized spacial score (nSPS) is 13.8. The van der Waals surface area contributed by atoms with Crippen LogP contribution >= 0.6 is 0 Å². The zero-order chi connectivity index (χ0) is 31.7. The van der Waals surface area contributed by atoms with Gasteiger partial charge < -0.3 is 0 Å². The lowest BCUT2D eigenvalue weighted by Gasteiger charge is -2.29. The second-order valence-corrected chi connectivity index (χ2v) is 13.5. The highest BCUT2D eigenvalue weighted by atomic mass is 14.3. The maximum atomic E-state index is 2.44. The fourth-order valence-corrected chi connectivity index (χ4v) is 7.37. The molecule has 6 rings (SSSR count). The molecule has 0 fully saturated rings. The van der Waals surface area contributed by atoms with Crippen LogP contribution < -0.4 is 0 Å². The van der Waals surface area contributed by atoms with Gasteiger partial charge in [0.2, 0.25) is 0 Å². The predicted molar refractivity (Wildman–Crippen MR) is 196 cm³/mol. The number of allylic oxidation sites excluding steroid dienone is 5. The average molecular weight is 587 g/mol. The van der Waals surface area contributed by atoms with Gasteiger partial charge in [0, 0.05) is 5.41 Å². The molecule has 5 aromatic rings. The van der Waals surface area contributed by atoms with Crippen molar-refractivity contribution in [2.45, 2.75) is 73.1 Å². The van der Waals surface area contributed by atoms with Gasteiger partial charge in [-0.25, -0.2) is 0 Å². The minimum atomic E-state index is -0.274. The minimum Gasteiger partial charge on any atom is -0.0836 e. The predicted octanol–water partition coefficient (Wildman–Crippen LogP) is 12.1. The fourth-order valence-electron chi connectivity index (χ4n) is 7.37. The quantitative estimate of drug-likeness (QED) is 0.178. The van der Waals surface area contributed by atoms with E-state index in [1.165, 1.54) is 77.5 Å². The molecule has 0 radical (unpaired) electrons. The zero-order valence-electron chi connectivity index (χ0n) is 28.1. The van der Waals surface area contributed by atoms with Gasteiger partial charge in [-0.15, -0.1) is 0 Å². The zero-order valence-corrected chi connectivity index (χ0v) is 28.1. The SMILES string of the molecule is Cc1ccc(C(C)(/C=C\c2c(C)c(C3=C(Cc4cc(C)cc(C)c4)CCC=C3)c3ccccc3c2C)c2ccc(C)cc2)cc1. The van der Waals surface area contributed by atoms with Gasteiger partial charge >= 0.3 is 0 Å². The van der Waals surface area contributed by atoms with Crippen molar-refractivity contribution in [2.75, 3.05) is 0 Å². The third kappa shape index (κ3) is 6.12. The standard InChI is InChI=1S/C45H46/c1-30-16-20-38(21-17-30)45(7,39-22-18-31(2)19-23-39)25-24-40-34(5)41-13-10-11-15-43(41)44(35(40)6)42-14-9-8-12-37(42)29-36-27-32(3)26-33(4)28-36/h9-11,13-28H,8,12,29H2,1-7H3/b25-24-. The Kier molecular flexibility index (Phi) is 8.52. The van der Waals surface area contributed by atoms with Crippen LogP contribution in [-0.4, -0.2) is 0 Å². The molecular weight excluding hydrogens is 540 g/mol. The molecule has 0 spiro atoms. The summed E-state index contributed by atoms with van der Waals surface area (Å²) in [6, 6.07) is 34.1. The molecule has 0 bridgehead atoms. The molecule has 5 aromatic carbocycles. The van der Waals surface area contributed by atoms with Crippen LogP contribution in [0.3, 0.4) is 0 Å². The van der Waals surface area contributed by atoms with Crippen LogP contribution in [0.25, 0.3) is 22.4 Å². The molecule has 0 aromatic heterocycles. The van der Waals surface area contributed by atoms with Gasteiger partial charge in [-0.3, -0.25) is 0 Å². The third-order valence-corrected chi connectivity index (χ3v) is 9.92. The van der Waals surface area contributed by atoms with E-state index < -0.39 is 0 Å². The van der Waals surface area contributed by atoms with Crippen LogP contribution in [0.15, 0.2) is 115 Å². The second kappa shape index (κ2) is 12.5. The molecule has 0 aliphatic heterocycles. The molecule has 0 atom stereocenters. The van der Waals surface area contributed by atoms with Crippen molar-refractivity contribution in [1.29, 1.82) is 0 Å². The monoisotopic (exact) mass is 586 g/mol. The summed E-state index contributed by atoms with van der Waals surface area (Å²) in [6.45, 7) is 15.8. The minimum absolute atomic E-state index is 0.274. The van der Waals surface area contributed by atoms with Gasteiger partial charge in [-0.05, 0) is 123 Å². The topological polar surface area (TPSA) is 0 Å². The first kappa shape index (κ1) is 30.6. The number of hydrogen-bond acceptors (Lipinski definition) is 0. The van der Waals surface area contributed by atoms with Gasteiger partial charge in [0.15, 0.2) is 0 Å². The Morgan fingerprint density at radius 1 is 0.644 bits per heavy atom. The Bertz CT molecular complexity index is 1890. The lowest BCUT2D eigenvalue weighted by Crippen LogP contribution is -2.20. The van der Waals surface area contributed by atoms with E-state index in [-0.39, 0.29) is 5.41 Å². The summed E-state index contributed by atoms with van der Waals surface area (Å²) in [6.07, 6.45) is 12.8. The van der Waals surface area contributed by atoms with Crippen molar-refractivity contribution in [2.24, 2.45) is 0 Å². The largest absolute Gasteiger partial charge is 0.0836 e. The molecule has 45 heavy (non-hydrogen) atoms. The van der Waals surface area contributed by atoms with Crippen molar-refractivity contribution in [1.82, 2.24) is 0 Å². The Balaban J connectivity index is 1.55. The van der Waals surface area contributed by atoms with Crippen molar-refractivity contribution in [3.8, 4) is 0 Å². The van der Waals surface area contributed by atoms with Crippen LogP contribution in [0.2, 0.25) is 0 Å². The summed E-state index contributed by atoms with van der Waals surface area (Å²) in [7, 11) is 0. The number of rotatable bonds is 7. The summed E-state index contributed by atoms with van der Waals surface area (Å²) >= 11 is 0. The van der Waals surface area contributed by atoms with Crippen molar-refractivity contribution >= 4 is 22.4 Å². The van der Waals surface area contributed by atoms with E-state index in [4.69, 9.17) is 0 Å².